The predicted molar refractivity (Wildman–Crippen MR) is 90.7 cm³/mol. The lowest BCUT2D eigenvalue weighted by atomic mass is 10.0. The highest BCUT2D eigenvalue weighted by Crippen LogP contribution is 2.29. The summed E-state index contributed by atoms with van der Waals surface area (Å²) >= 11 is 6.26. The minimum atomic E-state index is -0.0146. The van der Waals surface area contributed by atoms with Gasteiger partial charge in [-0.05, 0) is 44.0 Å². The number of aromatic nitrogens is 3. The van der Waals surface area contributed by atoms with Crippen LogP contribution in [0.3, 0.4) is 0 Å². The minimum absolute atomic E-state index is 0.0146. The minimum Gasteiger partial charge on any atom is -0.330 e. The van der Waals surface area contributed by atoms with Gasteiger partial charge in [-0.15, -0.1) is 0 Å². The average Bonchev–Trinajstić information content (AvgIpc) is 2.89. The molecule has 22 heavy (non-hydrogen) atoms. The van der Waals surface area contributed by atoms with Crippen LogP contribution in [0.5, 0.6) is 0 Å². The molecule has 0 bridgehead atoms. The third kappa shape index (κ3) is 2.21. The summed E-state index contributed by atoms with van der Waals surface area (Å²) in [7, 11) is 0. The van der Waals surface area contributed by atoms with Crippen LogP contribution in [0, 0.1) is 6.92 Å². The molecule has 2 heterocycles. The van der Waals surface area contributed by atoms with E-state index in [2.05, 4.69) is 17.1 Å². The van der Waals surface area contributed by atoms with E-state index in [1.165, 1.54) is 0 Å². The Kier molecular flexibility index (Phi) is 3.93. The number of aromatic amines is 1. The van der Waals surface area contributed by atoms with Crippen LogP contribution in [0.1, 0.15) is 24.6 Å². The van der Waals surface area contributed by atoms with E-state index in [9.17, 15) is 4.79 Å². The molecule has 0 amide bonds. The maximum atomic E-state index is 12.9. The molecule has 1 aromatic carbocycles. The van der Waals surface area contributed by atoms with Gasteiger partial charge in [0.1, 0.15) is 5.52 Å². The number of benzene rings is 1. The van der Waals surface area contributed by atoms with E-state index in [0.717, 1.165) is 35.0 Å². The third-order valence-electron chi connectivity index (χ3n) is 4.05. The molecule has 2 aromatic heterocycles. The molecule has 3 N–H and O–H groups in total. The lowest BCUT2D eigenvalue weighted by Crippen LogP contribution is -2.23. The summed E-state index contributed by atoms with van der Waals surface area (Å²) < 4.78 is 1.82. The standard InChI is InChI=1S/C16H19ClN4O/c1-3-10-7-11(17)8-12-14-13(9(2)19-20-14)16(22)21(15(10)12)6-4-5-18/h7-8H,3-6,18H2,1-2H3,(H,19,20). The monoisotopic (exact) mass is 318 g/mol. The van der Waals surface area contributed by atoms with Crippen molar-refractivity contribution in [3.05, 3.63) is 38.8 Å². The number of nitrogens with zero attached hydrogens (tertiary/aromatic N) is 2. The van der Waals surface area contributed by atoms with Gasteiger partial charge >= 0.3 is 0 Å². The van der Waals surface area contributed by atoms with Crippen molar-refractivity contribution in [1.29, 1.82) is 0 Å². The van der Waals surface area contributed by atoms with Crippen LogP contribution in [0.4, 0.5) is 0 Å². The number of nitrogens with two attached hydrogens (primary N) is 1. The van der Waals surface area contributed by atoms with Crippen LogP contribution >= 0.6 is 11.6 Å². The van der Waals surface area contributed by atoms with Crippen molar-refractivity contribution in [2.45, 2.75) is 33.2 Å². The summed E-state index contributed by atoms with van der Waals surface area (Å²) in [6.45, 7) is 5.07. The molecule has 0 atom stereocenters. The van der Waals surface area contributed by atoms with Crippen LogP contribution in [-0.4, -0.2) is 21.3 Å². The second-order valence-electron chi connectivity index (χ2n) is 5.49. The van der Waals surface area contributed by atoms with E-state index in [1.54, 1.807) is 0 Å². The number of rotatable bonds is 4. The molecule has 0 saturated heterocycles. The Labute approximate surface area is 133 Å². The Balaban J connectivity index is 2.53. The fourth-order valence-electron chi connectivity index (χ4n) is 3.01. The number of aryl methyl sites for hydroxylation is 3. The molecule has 0 saturated carbocycles. The summed E-state index contributed by atoms with van der Waals surface area (Å²) in [4.78, 5) is 12.9. The maximum absolute atomic E-state index is 12.9. The summed E-state index contributed by atoms with van der Waals surface area (Å²) in [6.07, 6.45) is 1.55. The molecule has 5 nitrogen and oxygen atoms in total. The quantitative estimate of drug-likeness (QED) is 0.776. The maximum Gasteiger partial charge on any atom is 0.262 e. The van der Waals surface area contributed by atoms with Gasteiger partial charge in [0, 0.05) is 22.6 Å². The van der Waals surface area contributed by atoms with E-state index in [1.807, 2.05) is 23.6 Å². The molecule has 0 radical (unpaired) electrons. The molecule has 0 aliphatic rings. The Bertz CT molecular complexity index is 910. The van der Waals surface area contributed by atoms with Gasteiger partial charge in [-0.3, -0.25) is 9.89 Å². The van der Waals surface area contributed by atoms with E-state index in [0.29, 0.717) is 29.0 Å². The largest absolute Gasteiger partial charge is 0.330 e. The van der Waals surface area contributed by atoms with E-state index >= 15 is 0 Å². The summed E-state index contributed by atoms with van der Waals surface area (Å²) in [6, 6.07) is 3.81. The van der Waals surface area contributed by atoms with Crippen LogP contribution in [0.2, 0.25) is 5.02 Å². The molecular weight excluding hydrogens is 300 g/mol. The smallest absolute Gasteiger partial charge is 0.262 e. The number of nitrogens with one attached hydrogen (secondary N) is 1. The Morgan fingerprint density at radius 2 is 2.18 bits per heavy atom. The number of pyridine rings is 1. The molecule has 0 aliphatic heterocycles. The Morgan fingerprint density at radius 1 is 1.41 bits per heavy atom. The summed E-state index contributed by atoms with van der Waals surface area (Å²) in [5, 5.41) is 9.45. The lowest BCUT2D eigenvalue weighted by Gasteiger charge is -2.14. The first kappa shape index (κ1) is 15.1. The number of fused-ring (bicyclic) bond motifs is 3. The molecule has 3 aromatic rings. The fourth-order valence-corrected chi connectivity index (χ4v) is 3.25. The second-order valence-corrected chi connectivity index (χ2v) is 5.92. The molecular formula is C16H19ClN4O. The zero-order chi connectivity index (χ0) is 15.9. The number of hydrogen-bond donors (Lipinski definition) is 2. The van der Waals surface area contributed by atoms with Gasteiger partial charge in [0.25, 0.3) is 5.56 Å². The second kappa shape index (κ2) is 5.74. The van der Waals surface area contributed by atoms with Crippen molar-refractivity contribution in [3.8, 4) is 0 Å². The first-order valence-electron chi connectivity index (χ1n) is 7.48. The van der Waals surface area contributed by atoms with Crippen LogP contribution < -0.4 is 11.3 Å². The van der Waals surface area contributed by atoms with Gasteiger partial charge in [0.05, 0.1) is 10.9 Å². The van der Waals surface area contributed by atoms with Crippen molar-refractivity contribution >= 4 is 33.4 Å². The fraction of sp³-hybridized carbons (Fsp3) is 0.375. The average molecular weight is 319 g/mol. The van der Waals surface area contributed by atoms with Crippen molar-refractivity contribution in [1.82, 2.24) is 14.8 Å². The molecule has 0 unspecified atom stereocenters. The van der Waals surface area contributed by atoms with Gasteiger partial charge in [-0.2, -0.15) is 5.10 Å². The number of H-pyrrole nitrogens is 1. The lowest BCUT2D eigenvalue weighted by molar-refractivity contribution is 0.652. The van der Waals surface area contributed by atoms with Gasteiger partial charge in [-0.25, -0.2) is 0 Å². The van der Waals surface area contributed by atoms with Crippen molar-refractivity contribution in [3.63, 3.8) is 0 Å². The SMILES string of the molecule is CCc1cc(Cl)cc2c3n[nH]c(C)c3c(=O)n(CCCN)c12. The number of halogens is 1. The van der Waals surface area contributed by atoms with Gasteiger partial charge in [0.15, 0.2) is 0 Å². The highest BCUT2D eigenvalue weighted by molar-refractivity contribution is 6.31. The van der Waals surface area contributed by atoms with Crippen molar-refractivity contribution in [2.24, 2.45) is 5.73 Å². The van der Waals surface area contributed by atoms with E-state index in [4.69, 9.17) is 17.3 Å². The molecule has 6 heteroatoms. The predicted octanol–water partition coefficient (Wildman–Crippen LogP) is 2.75. The van der Waals surface area contributed by atoms with Gasteiger partial charge in [0.2, 0.25) is 0 Å². The van der Waals surface area contributed by atoms with E-state index < -0.39 is 0 Å². The van der Waals surface area contributed by atoms with Crippen LogP contribution in [0.25, 0.3) is 21.8 Å². The zero-order valence-electron chi connectivity index (χ0n) is 12.7. The Hall–Kier alpha value is -1.85. The van der Waals surface area contributed by atoms with Crippen molar-refractivity contribution < 1.29 is 0 Å². The van der Waals surface area contributed by atoms with Crippen LogP contribution in [-0.2, 0) is 13.0 Å². The molecule has 116 valence electrons. The summed E-state index contributed by atoms with van der Waals surface area (Å²) in [5.41, 5.74) is 9.07. The molecule has 0 spiro atoms. The topological polar surface area (TPSA) is 76.7 Å². The highest BCUT2D eigenvalue weighted by atomic mass is 35.5. The first-order valence-corrected chi connectivity index (χ1v) is 7.86. The molecule has 0 aliphatic carbocycles. The summed E-state index contributed by atoms with van der Waals surface area (Å²) in [5.74, 6) is 0. The third-order valence-corrected chi connectivity index (χ3v) is 4.27. The molecule has 0 fully saturated rings. The van der Waals surface area contributed by atoms with Gasteiger partial charge < -0.3 is 10.3 Å². The zero-order valence-corrected chi connectivity index (χ0v) is 13.5. The highest BCUT2D eigenvalue weighted by Gasteiger charge is 2.17. The van der Waals surface area contributed by atoms with Crippen molar-refractivity contribution in [2.75, 3.05) is 6.54 Å². The normalized spacial score (nSPS) is 11.6. The molecule has 3 rings (SSSR count). The van der Waals surface area contributed by atoms with Gasteiger partial charge in [-0.1, -0.05) is 18.5 Å². The Morgan fingerprint density at radius 3 is 2.86 bits per heavy atom. The first-order chi connectivity index (χ1) is 10.6. The number of hydrogen-bond acceptors (Lipinski definition) is 3. The van der Waals surface area contributed by atoms with Crippen LogP contribution in [0.15, 0.2) is 16.9 Å². The van der Waals surface area contributed by atoms with E-state index in [-0.39, 0.29) is 5.56 Å².